The number of aliphatic hydroxyl groups is 1. The van der Waals surface area contributed by atoms with Crippen molar-refractivity contribution < 1.29 is 9.90 Å². The van der Waals surface area contributed by atoms with Gasteiger partial charge in [0.05, 0.1) is 6.33 Å². The van der Waals surface area contributed by atoms with Crippen molar-refractivity contribution in [2.24, 2.45) is 5.92 Å². The summed E-state index contributed by atoms with van der Waals surface area (Å²) >= 11 is 0. The molecule has 1 aromatic rings. The largest absolute Gasteiger partial charge is 0.383 e. The van der Waals surface area contributed by atoms with Crippen LogP contribution in [0.1, 0.15) is 37.4 Å². The summed E-state index contributed by atoms with van der Waals surface area (Å²) in [4.78, 5) is 18.1. The van der Waals surface area contributed by atoms with Gasteiger partial charge >= 0.3 is 0 Å². The lowest BCUT2D eigenvalue weighted by atomic mass is 10.0. The molecule has 1 amide bonds. The van der Waals surface area contributed by atoms with Crippen LogP contribution >= 0.6 is 0 Å². The lowest BCUT2D eigenvalue weighted by Crippen LogP contribution is -2.44. The van der Waals surface area contributed by atoms with Crippen LogP contribution in [0.25, 0.3) is 0 Å². The van der Waals surface area contributed by atoms with Gasteiger partial charge in [0.2, 0.25) is 0 Å². The quantitative estimate of drug-likeness (QED) is 0.889. The highest BCUT2D eigenvalue weighted by molar-refractivity contribution is 5.81. The Hall–Kier alpha value is -1.36. The summed E-state index contributed by atoms with van der Waals surface area (Å²) in [6.07, 6.45) is 6.87. The van der Waals surface area contributed by atoms with Gasteiger partial charge in [-0.2, -0.15) is 0 Å². The van der Waals surface area contributed by atoms with Gasteiger partial charge in [0.25, 0.3) is 5.91 Å². The highest BCUT2D eigenvalue weighted by atomic mass is 16.3. The van der Waals surface area contributed by atoms with E-state index in [0.29, 0.717) is 6.04 Å². The first-order valence-electron chi connectivity index (χ1n) is 7.12. The number of aliphatic hydroxyl groups excluding tert-OH is 1. The summed E-state index contributed by atoms with van der Waals surface area (Å²) in [7, 11) is 0. The van der Waals surface area contributed by atoms with Gasteiger partial charge < -0.3 is 14.6 Å². The monoisotopic (exact) mass is 263 g/mol. The zero-order valence-corrected chi connectivity index (χ0v) is 11.3. The molecule has 0 spiro atoms. The Morgan fingerprint density at radius 1 is 1.37 bits per heavy atom. The minimum atomic E-state index is -0.758. The maximum absolute atomic E-state index is 12.1. The smallest absolute Gasteiger partial charge is 0.251 e. The van der Waals surface area contributed by atoms with Crippen LogP contribution in [-0.2, 0) is 4.79 Å². The van der Waals surface area contributed by atoms with Crippen LogP contribution in [0.15, 0.2) is 12.5 Å². The Labute approximate surface area is 113 Å². The molecule has 5 nitrogen and oxygen atoms in total. The first-order chi connectivity index (χ1) is 9.16. The van der Waals surface area contributed by atoms with Gasteiger partial charge in [0.1, 0.15) is 6.10 Å². The molecule has 1 aliphatic carbocycles. The van der Waals surface area contributed by atoms with E-state index in [1.807, 2.05) is 17.4 Å². The van der Waals surface area contributed by atoms with Crippen molar-refractivity contribution in [1.82, 2.24) is 14.5 Å². The second-order valence-electron chi connectivity index (χ2n) is 5.78. The summed E-state index contributed by atoms with van der Waals surface area (Å²) in [5, 5.41) is 9.90. The third-order valence-electron chi connectivity index (χ3n) is 4.35. The number of hydrogen-bond donors (Lipinski definition) is 1. The van der Waals surface area contributed by atoms with E-state index in [4.69, 9.17) is 0 Å². The Morgan fingerprint density at radius 2 is 2.05 bits per heavy atom. The van der Waals surface area contributed by atoms with Crippen LogP contribution in [0.4, 0.5) is 0 Å². The summed E-state index contributed by atoms with van der Waals surface area (Å²) in [6, 6.07) is 0.435. The van der Waals surface area contributed by atoms with Crippen molar-refractivity contribution in [2.45, 2.75) is 44.8 Å². The summed E-state index contributed by atoms with van der Waals surface area (Å²) in [5.74, 6) is 0.157. The first kappa shape index (κ1) is 12.7. The Bertz CT molecular complexity index is 459. The second kappa shape index (κ2) is 4.96. The highest BCUT2D eigenvalue weighted by Crippen LogP contribution is 2.34. The molecule has 1 N–H and O–H groups in total. The van der Waals surface area contributed by atoms with Crippen molar-refractivity contribution in [1.29, 1.82) is 0 Å². The first-order valence-corrected chi connectivity index (χ1v) is 7.12. The van der Waals surface area contributed by atoms with Crippen LogP contribution in [0.2, 0.25) is 0 Å². The number of nitrogens with zero attached hydrogens (tertiary/aromatic N) is 3. The fourth-order valence-corrected chi connectivity index (χ4v) is 2.92. The molecule has 0 bridgehead atoms. The third-order valence-corrected chi connectivity index (χ3v) is 4.35. The molecule has 1 unspecified atom stereocenters. The van der Waals surface area contributed by atoms with Gasteiger partial charge in [-0.25, -0.2) is 4.98 Å². The number of imidazole rings is 1. The molecule has 1 aromatic heterocycles. The Morgan fingerprint density at radius 3 is 2.58 bits per heavy atom. The van der Waals surface area contributed by atoms with Crippen molar-refractivity contribution in [2.75, 3.05) is 13.1 Å². The Kier molecular flexibility index (Phi) is 3.31. The van der Waals surface area contributed by atoms with E-state index in [0.717, 1.165) is 38.8 Å². The molecule has 2 fully saturated rings. The predicted octanol–water partition coefficient (Wildman–Crippen LogP) is 1.13. The molecule has 1 saturated carbocycles. The maximum atomic E-state index is 12.1. The lowest BCUT2D eigenvalue weighted by molar-refractivity contribution is -0.142. The molecule has 0 radical (unpaired) electrons. The van der Waals surface area contributed by atoms with Crippen LogP contribution in [0.3, 0.4) is 0 Å². The van der Waals surface area contributed by atoms with Crippen molar-refractivity contribution in [3.63, 3.8) is 0 Å². The van der Waals surface area contributed by atoms with E-state index in [1.54, 1.807) is 0 Å². The molecule has 19 heavy (non-hydrogen) atoms. The van der Waals surface area contributed by atoms with Crippen LogP contribution in [0, 0.1) is 12.8 Å². The molecule has 1 saturated heterocycles. The molecular formula is C14H21N3O2. The Balaban J connectivity index is 1.57. The number of aryl methyl sites for hydroxylation is 1. The minimum Gasteiger partial charge on any atom is -0.383 e. The normalized spacial score (nSPS) is 22.5. The number of carbonyl (C=O) groups is 1. The third kappa shape index (κ3) is 2.52. The average molecular weight is 263 g/mol. The second-order valence-corrected chi connectivity index (χ2v) is 5.78. The van der Waals surface area contributed by atoms with E-state index in [1.165, 1.54) is 5.69 Å². The maximum Gasteiger partial charge on any atom is 0.251 e. The fourth-order valence-electron chi connectivity index (χ4n) is 2.92. The number of carbonyl (C=O) groups excluding carboxylic acids is 1. The molecule has 1 aliphatic heterocycles. The molecule has 1 atom stereocenters. The minimum absolute atomic E-state index is 0.0664. The van der Waals surface area contributed by atoms with Gasteiger partial charge in [-0.3, -0.25) is 4.79 Å². The number of likely N-dealkylation sites (tertiary alicyclic amines) is 1. The predicted molar refractivity (Wildman–Crippen MR) is 70.5 cm³/mol. The van der Waals surface area contributed by atoms with Crippen LogP contribution in [0.5, 0.6) is 0 Å². The van der Waals surface area contributed by atoms with E-state index < -0.39 is 6.10 Å². The molecule has 104 valence electrons. The van der Waals surface area contributed by atoms with Gasteiger partial charge in [0.15, 0.2) is 0 Å². The summed E-state index contributed by atoms with van der Waals surface area (Å²) in [6.45, 7) is 3.54. The molecular weight excluding hydrogens is 242 g/mol. The zero-order chi connectivity index (χ0) is 13.4. The van der Waals surface area contributed by atoms with Gasteiger partial charge in [-0.15, -0.1) is 0 Å². The number of rotatable bonds is 3. The average Bonchev–Trinajstić information content (AvgIpc) is 3.20. The fraction of sp³-hybridized carbons (Fsp3) is 0.714. The highest BCUT2D eigenvalue weighted by Gasteiger charge is 2.37. The number of aromatic nitrogens is 2. The number of piperidine rings is 1. The summed E-state index contributed by atoms with van der Waals surface area (Å²) < 4.78 is 2.19. The van der Waals surface area contributed by atoms with E-state index in [9.17, 15) is 9.90 Å². The van der Waals surface area contributed by atoms with Gasteiger partial charge in [-0.05, 0) is 38.5 Å². The molecule has 3 rings (SSSR count). The standard InChI is InChI=1S/C14H21N3O2/c1-10-8-15-9-17(10)12-4-6-16(7-5-12)14(19)13(18)11-2-3-11/h8-9,11-13,18H,2-7H2,1H3. The molecule has 5 heteroatoms. The van der Waals surface area contributed by atoms with Crippen LogP contribution < -0.4 is 0 Å². The van der Waals surface area contributed by atoms with Gasteiger partial charge in [0, 0.05) is 31.0 Å². The molecule has 2 aliphatic rings. The number of hydrogen-bond acceptors (Lipinski definition) is 3. The summed E-state index contributed by atoms with van der Waals surface area (Å²) in [5.41, 5.74) is 1.17. The van der Waals surface area contributed by atoms with Crippen molar-refractivity contribution in [3.05, 3.63) is 18.2 Å². The molecule has 2 heterocycles. The van der Waals surface area contributed by atoms with Crippen LogP contribution in [-0.4, -0.2) is 44.7 Å². The SMILES string of the molecule is Cc1cncn1C1CCN(C(=O)C(O)C2CC2)CC1. The lowest BCUT2D eigenvalue weighted by Gasteiger charge is -2.34. The molecule has 0 aromatic carbocycles. The van der Waals surface area contributed by atoms with E-state index >= 15 is 0 Å². The van der Waals surface area contributed by atoms with E-state index in [-0.39, 0.29) is 11.8 Å². The van der Waals surface area contributed by atoms with Crippen molar-refractivity contribution in [3.8, 4) is 0 Å². The van der Waals surface area contributed by atoms with Gasteiger partial charge in [-0.1, -0.05) is 0 Å². The van der Waals surface area contributed by atoms with Crippen molar-refractivity contribution >= 4 is 5.91 Å². The topological polar surface area (TPSA) is 58.4 Å². The zero-order valence-electron chi connectivity index (χ0n) is 11.3. The van der Waals surface area contributed by atoms with E-state index in [2.05, 4.69) is 16.5 Å². The number of amides is 1.